The van der Waals surface area contributed by atoms with Crippen molar-refractivity contribution in [2.75, 3.05) is 24.3 Å². The molecule has 1 atom stereocenters. The summed E-state index contributed by atoms with van der Waals surface area (Å²) in [5.41, 5.74) is 1.75. The monoisotopic (exact) mass is 336 g/mol. The lowest BCUT2D eigenvalue weighted by Crippen LogP contribution is -2.18. The molecule has 8 nitrogen and oxygen atoms in total. The number of aromatic nitrogens is 4. The summed E-state index contributed by atoms with van der Waals surface area (Å²) < 4.78 is 10.4. The number of hydrogen-bond acceptors (Lipinski definition) is 8. The number of hydrogen-bond donors (Lipinski definition) is 1. The van der Waals surface area contributed by atoms with Gasteiger partial charge in [-0.2, -0.15) is 0 Å². The van der Waals surface area contributed by atoms with Crippen LogP contribution in [0.1, 0.15) is 17.4 Å². The first-order chi connectivity index (χ1) is 12.2. The third kappa shape index (κ3) is 2.89. The van der Waals surface area contributed by atoms with Crippen molar-refractivity contribution in [1.29, 1.82) is 0 Å². The van der Waals surface area contributed by atoms with Crippen molar-refractivity contribution in [3.8, 4) is 0 Å². The summed E-state index contributed by atoms with van der Waals surface area (Å²) in [7, 11) is 3.78. The Bertz CT molecular complexity index is 965. The Hall–Kier alpha value is -3.42. The van der Waals surface area contributed by atoms with E-state index in [4.69, 9.17) is 9.05 Å². The lowest BCUT2D eigenvalue weighted by molar-refractivity contribution is 0.314. The molecule has 0 aliphatic rings. The fraction of sp³-hybridized carbons (Fsp3) is 0.176. The van der Waals surface area contributed by atoms with E-state index in [0.29, 0.717) is 22.9 Å². The highest BCUT2D eigenvalue weighted by atomic mass is 16.6. The van der Waals surface area contributed by atoms with Crippen molar-refractivity contribution in [3.05, 3.63) is 60.1 Å². The minimum absolute atomic E-state index is 0.221. The van der Waals surface area contributed by atoms with Crippen LogP contribution in [0.15, 0.2) is 57.8 Å². The average molecular weight is 336 g/mol. The molecular weight excluding hydrogens is 320 g/mol. The molecule has 0 saturated carbocycles. The van der Waals surface area contributed by atoms with Gasteiger partial charge in [0, 0.05) is 14.1 Å². The molecule has 1 N–H and O–H groups in total. The van der Waals surface area contributed by atoms with Crippen LogP contribution in [0, 0.1) is 0 Å². The van der Waals surface area contributed by atoms with Crippen molar-refractivity contribution in [3.63, 3.8) is 0 Å². The van der Waals surface area contributed by atoms with Gasteiger partial charge in [0.2, 0.25) is 11.3 Å². The van der Waals surface area contributed by atoms with Crippen LogP contribution < -0.4 is 10.2 Å². The van der Waals surface area contributed by atoms with Gasteiger partial charge in [0.25, 0.3) is 0 Å². The van der Waals surface area contributed by atoms with Crippen LogP contribution in [0.25, 0.3) is 11.3 Å². The summed E-state index contributed by atoms with van der Waals surface area (Å²) in [6.07, 6.45) is 1.65. The Balaban J connectivity index is 1.80. The first-order valence-electron chi connectivity index (χ1n) is 7.75. The molecule has 0 spiro atoms. The zero-order valence-corrected chi connectivity index (χ0v) is 13.7. The number of nitrogens with one attached hydrogen (secondary N) is 1. The maximum atomic E-state index is 5.62. The van der Waals surface area contributed by atoms with Gasteiger partial charge in [-0.3, -0.25) is 0 Å². The number of fused-ring (bicyclic) bond motifs is 1. The van der Waals surface area contributed by atoms with Crippen LogP contribution >= 0.6 is 0 Å². The van der Waals surface area contributed by atoms with Gasteiger partial charge in [0.1, 0.15) is 11.8 Å². The zero-order valence-electron chi connectivity index (χ0n) is 13.7. The SMILES string of the molecule is CN(C)c1nc2nonc2nc1N[C@H](c1ccccc1)c1ccco1. The van der Waals surface area contributed by atoms with E-state index in [9.17, 15) is 0 Å². The van der Waals surface area contributed by atoms with E-state index in [0.717, 1.165) is 11.3 Å². The number of rotatable bonds is 5. The maximum absolute atomic E-state index is 5.62. The topological polar surface area (TPSA) is 93.1 Å². The van der Waals surface area contributed by atoms with E-state index >= 15 is 0 Å². The highest BCUT2D eigenvalue weighted by molar-refractivity contribution is 5.74. The molecule has 3 heterocycles. The third-order valence-electron chi connectivity index (χ3n) is 3.76. The molecule has 0 fully saturated rings. The predicted octanol–water partition coefficient (Wildman–Crippen LogP) is 2.87. The van der Waals surface area contributed by atoms with Crippen molar-refractivity contribution in [1.82, 2.24) is 20.3 Å². The molecule has 4 rings (SSSR count). The van der Waals surface area contributed by atoms with Gasteiger partial charge in [-0.1, -0.05) is 30.3 Å². The van der Waals surface area contributed by atoms with Gasteiger partial charge in [-0.05, 0) is 28.0 Å². The standard InChI is InChI=1S/C17H16N6O2/c1-23(2)17-16(19-14-15(20-17)22-25-21-14)18-13(12-9-6-10-24-12)11-7-4-3-5-8-11/h3-10,13H,1-2H3,(H,18,19,21)/t13-/m1/s1. The summed E-state index contributed by atoms with van der Waals surface area (Å²) in [5.74, 6) is 1.98. The van der Waals surface area contributed by atoms with Crippen molar-refractivity contribution < 1.29 is 9.05 Å². The summed E-state index contributed by atoms with van der Waals surface area (Å²) in [4.78, 5) is 10.8. The molecule has 0 aliphatic heterocycles. The normalized spacial score (nSPS) is 12.2. The Labute approximate surface area is 143 Å². The van der Waals surface area contributed by atoms with E-state index in [2.05, 4.69) is 25.6 Å². The number of benzene rings is 1. The Morgan fingerprint density at radius 2 is 1.72 bits per heavy atom. The molecule has 0 radical (unpaired) electrons. The molecule has 0 aliphatic carbocycles. The highest BCUT2D eigenvalue weighted by Gasteiger charge is 2.21. The second-order valence-corrected chi connectivity index (χ2v) is 5.71. The largest absolute Gasteiger partial charge is 0.467 e. The van der Waals surface area contributed by atoms with Gasteiger partial charge in [0.15, 0.2) is 11.6 Å². The van der Waals surface area contributed by atoms with Gasteiger partial charge in [-0.25, -0.2) is 14.6 Å². The second-order valence-electron chi connectivity index (χ2n) is 5.71. The minimum atomic E-state index is -0.221. The highest BCUT2D eigenvalue weighted by Crippen LogP contribution is 2.30. The molecular formula is C17H16N6O2. The Morgan fingerprint density at radius 1 is 0.960 bits per heavy atom. The van der Waals surface area contributed by atoms with Crippen LogP contribution in [0.3, 0.4) is 0 Å². The van der Waals surface area contributed by atoms with Crippen molar-refractivity contribution >= 4 is 22.9 Å². The third-order valence-corrected chi connectivity index (χ3v) is 3.76. The molecule has 0 unspecified atom stereocenters. The first-order valence-corrected chi connectivity index (χ1v) is 7.75. The molecule has 0 amide bonds. The molecule has 8 heteroatoms. The van der Waals surface area contributed by atoms with E-state index < -0.39 is 0 Å². The Kier molecular flexibility index (Phi) is 3.77. The molecule has 1 aromatic carbocycles. The molecule has 0 bridgehead atoms. The van der Waals surface area contributed by atoms with Crippen LogP contribution in [0.2, 0.25) is 0 Å². The fourth-order valence-corrected chi connectivity index (χ4v) is 2.59. The van der Waals surface area contributed by atoms with Crippen LogP contribution in [-0.4, -0.2) is 34.4 Å². The van der Waals surface area contributed by atoms with E-state index in [1.165, 1.54) is 0 Å². The lowest BCUT2D eigenvalue weighted by Gasteiger charge is -2.21. The van der Waals surface area contributed by atoms with E-state index in [-0.39, 0.29) is 6.04 Å². The van der Waals surface area contributed by atoms with Gasteiger partial charge < -0.3 is 14.6 Å². The van der Waals surface area contributed by atoms with Crippen LogP contribution in [0.5, 0.6) is 0 Å². The fourth-order valence-electron chi connectivity index (χ4n) is 2.59. The molecule has 4 aromatic rings. The maximum Gasteiger partial charge on any atom is 0.245 e. The molecule has 25 heavy (non-hydrogen) atoms. The first kappa shape index (κ1) is 15.1. The summed E-state index contributed by atoms with van der Waals surface area (Å²) in [6.45, 7) is 0. The smallest absolute Gasteiger partial charge is 0.245 e. The van der Waals surface area contributed by atoms with Crippen LogP contribution in [-0.2, 0) is 0 Å². The quantitative estimate of drug-likeness (QED) is 0.594. The Morgan fingerprint density at radius 3 is 2.40 bits per heavy atom. The van der Waals surface area contributed by atoms with E-state index in [1.54, 1.807) is 6.26 Å². The predicted molar refractivity (Wildman–Crippen MR) is 92.3 cm³/mol. The zero-order chi connectivity index (χ0) is 17.2. The molecule has 3 aromatic heterocycles. The second kappa shape index (κ2) is 6.23. The lowest BCUT2D eigenvalue weighted by atomic mass is 10.0. The van der Waals surface area contributed by atoms with Gasteiger partial charge in [0.05, 0.1) is 6.26 Å². The van der Waals surface area contributed by atoms with Crippen molar-refractivity contribution in [2.45, 2.75) is 6.04 Å². The van der Waals surface area contributed by atoms with E-state index in [1.807, 2.05) is 61.5 Å². The van der Waals surface area contributed by atoms with Crippen LogP contribution in [0.4, 0.5) is 11.6 Å². The summed E-state index contributed by atoms with van der Waals surface area (Å²) >= 11 is 0. The van der Waals surface area contributed by atoms with Gasteiger partial charge >= 0.3 is 0 Å². The number of nitrogens with zero attached hydrogens (tertiary/aromatic N) is 5. The average Bonchev–Trinajstić information content (AvgIpc) is 3.30. The number of furan rings is 1. The summed E-state index contributed by atoms with van der Waals surface area (Å²) in [6, 6.07) is 13.5. The molecule has 126 valence electrons. The minimum Gasteiger partial charge on any atom is -0.467 e. The molecule has 0 saturated heterocycles. The summed E-state index contributed by atoms with van der Waals surface area (Å²) in [5, 5.41) is 10.9. The number of anilines is 2. The van der Waals surface area contributed by atoms with Gasteiger partial charge in [-0.15, -0.1) is 0 Å². The van der Waals surface area contributed by atoms with Crippen molar-refractivity contribution in [2.24, 2.45) is 0 Å².